The van der Waals surface area contributed by atoms with E-state index in [4.69, 9.17) is 0 Å². The van der Waals surface area contributed by atoms with Crippen LogP contribution < -0.4 is 0 Å². The molecule has 1 saturated heterocycles. The fraction of sp³-hybridized carbons (Fsp3) is 0.471. The summed E-state index contributed by atoms with van der Waals surface area (Å²) in [6.07, 6.45) is 4.21. The Kier molecular flexibility index (Phi) is 6.00. The Morgan fingerprint density at radius 2 is 1.81 bits per heavy atom. The lowest BCUT2D eigenvalue weighted by Gasteiger charge is -2.34. The average Bonchev–Trinajstić information content (AvgIpc) is 3.16. The standard InChI is InChI=1S/C17H23N5O3S/c23-17(7-4-8-21-15-18-14-19-21)20-9-11-22(12-10-20)26(24,25)13-16-5-2-1-3-6-16/h1-3,5-6,14-15H,4,7-13H2. The number of aryl methyl sites for hydroxylation is 1. The SMILES string of the molecule is O=C(CCCn1cncn1)N1CCN(S(=O)(=O)Cc2ccccc2)CC1. The van der Waals surface area contributed by atoms with Crippen LogP contribution in [0.4, 0.5) is 0 Å². The van der Waals surface area contributed by atoms with Crippen LogP contribution >= 0.6 is 0 Å². The Morgan fingerprint density at radius 1 is 1.08 bits per heavy atom. The second kappa shape index (κ2) is 8.41. The molecule has 3 rings (SSSR count). The Morgan fingerprint density at radius 3 is 2.46 bits per heavy atom. The van der Waals surface area contributed by atoms with Crippen molar-refractivity contribution in [2.45, 2.75) is 25.1 Å². The largest absolute Gasteiger partial charge is 0.340 e. The summed E-state index contributed by atoms with van der Waals surface area (Å²) in [6.45, 7) is 2.23. The molecule has 1 aliphatic heterocycles. The summed E-state index contributed by atoms with van der Waals surface area (Å²) in [4.78, 5) is 17.9. The Labute approximate surface area is 153 Å². The maximum atomic E-state index is 12.5. The smallest absolute Gasteiger partial charge is 0.222 e. The normalized spacial score (nSPS) is 15.9. The molecular weight excluding hydrogens is 354 g/mol. The van der Waals surface area contributed by atoms with Gasteiger partial charge in [0.15, 0.2) is 0 Å². The Hall–Kier alpha value is -2.26. The van der Waals surface area contributed by atoms with Crippen LogP contribution in [0.2, 0.25) is 0 Å². The molecule has 0 unspecified atom stereocenters. The van der Waals surface area contributed by atoms with Crippen molar-refractivity contribution in [3.05, 3.63) is 48.5 Å². The molecular formula is C17H23N5O3S. The number of nitrogens with zero attached hydrogens (tertiary/aromatic N) is 5. The molecule has 0 N–H and O–H groups in total. The molecule has 1 amide bonds. The highest BCUT2D eigenvalue weighted by atomic mass is 32.2. The van der Waals surface area contributed by atoms with Gasteiger partial charge in [-0.3, -0.25) is 9.48 Å². The molecule has 0 spiro atoms. The quantitative estimate of drug-likeness (QED) is 0.710. The molecule has 9 heteroatoms. The third-order valence-corrected chi connectivity index (χ3v) is 6.27. The highest BCUT2D eigenvalue weighted by molar-refractivity contribution is 7.88. The average molecular weight is 377 g/mol. The molecule has 8 nitrogen and oxygen atoms in total. The van der Waals surface area contributed by atoms with Crippen molar-refractivity contribution in [2.24, 2.45) is 0 Å². The van der Waals surface area contributed by atoms with Gasteiger partial charge < -0.3 is 4.90 Å². The van der Waals surface area contributed by atoms with Crippen molar-refractivity contribution in [3.63, 3.8) is 0 Å². The van der Waals surface area contributed by atoms with E-state index in [0.717, 1.165) is 5.56 Å². The molecule has 140 valence electrons. The van der Waals surface area contributed by atoms with E-state index in [9.17, 15) is 13.2 Å². The first-order chi connectivity index (χ1) is 12.5. The number of carbonyl (C=O) groups excluding carboxylic acids is 1. The summed E-state index contributed by atoms with van der Waals surface area (Å²) in [7, 11) is -3.36. The van der Waals surface area contributed by atoms with Crippen molar-refractivity contribution >= 4 is 15.9 Å². The lowest BCUT2D eigenvalue weighted by atomic mass is 10.2. The van der Waals surface area contributed by atoms with Crippen LogP contribution in [-0.4, -0.2) is 64.5 Å². The minimum Gasteiger partial charge on any atom is -0.340 e. The topological polar surface area (TPSA) is 88.4 Å². The van der Waals surface area contributed by atoms with Gasteiger partial charge in [0, 0.05) is 39.1 Å². The highest BCUT2D eigenvalue weighted by Gasteiger charge is 2.28. The van der Waals surface area contributed by atoms with Crippen LogP contribution in [0.1, 0.15) is 18.4 Å². The van der Waals surface area contributed by atoms with Gasteiger partial charge in [-0.15, -0.1) is 0 Å². The maximum absolute atomic E-state index is 12.5. The summed E-state index contributed by atoms with van der Waals surface area (Å²) < 4.78 is 28.3. The third-order valence-electron chi connectivity index (χ3n) is 4.42. The first-order valence-electron chi connectivity index (χ1n) is 8.66. The fourth-order valence-electron chi connectivity index (χ4n) is 2.99. The summed E-state index contributed by atoms with van der Waals surface area (Å²) in [5, 5.41) is 4.00. The lowest BCUT2D eigenvalue weighted by molar-refractivity contribution is -0.132. The van der Waals surface area contributed by atoms with E-state index in [-0.39, 0.29) is 11.7 Å². The zero-order valence-electron chi connectivity index (χ0n) is 14.6. The molecule has 0 saturated carbocycles. The molecule has 0 aliphatic carbocycles. The van der Waals surface area contributed by atoms with Crippen molar-refractivity contribution in [3.8, 4) is 0 Å². The van der Waals surface area contributed by atoms with E-state index in [0.29, 0.717) is 45.6 Å². The van der Waals surface area contributed by atoms with Crippen LogP contribution in [0.25, 0.3) is 0 Å². The minimum atomic E-state index is -3.36. The molecule has 2 heterocycles. The molecule has 2 aromatic rings. The predicted octanol–water partition coefficient (Wildman–Crippen LogP) is 0.733. The first-order valence-corrected chi connectivity index (χ1v) is 10.3. The Balaban J connectivity index is 1.45. The van der Waals surface area contributed by atoms with E-state index < -0.39 is 10.0 Å². The van der Waals surface area contributed by atoms with E-state index in [1.165, 1.54) is 10.6 Å². The van der Waals surface area contributed by atoms with Gasteiger partial charge in [-0.25, -0.2) is 13.4 Å². The van der Waals surface area contributed by atoms with E-state index in [2.05, 4.69) is 10.1 Å². The second-order valence-corrected chi connectivity index (χ2v) is 8.25. The second-order valence-electron chi connectivity index (χ2n) is 6.28. The van der Waals surface area contributed by atoms with Gasteiger partial charge in [0.25, 0.3) is 0 Å². The highest BCUT2D eigenvalue weighted by Crippen LogP contribution is 2.14. The Bertz CT molecular complexity index is 800. The van der Waals surface area contributed by atoms with Gasteiger partial charge in [0.1, 0.15) is 12.7 Å². The molecule has 0 radical (unpaired) electrons. The zero-order valence-corrected chi connectivity index (χ0v) is 15.4. The van der Waals surface area contributed by atoms with E-state index in [1.807, 2.05) is 30.3 Å². The number of piperazine rings is 1. The first kappa shape index (κ1) is 18.5. The fourth-order valence-corrected chi connectivity index (χ4v) is 4.51. The molecule has 0 atom stereocenters. The lowest BCUT2D eigenvalue weighted by Crippen LogP contribution is -2.50. The van der Waals surface area contributed by atoms with Crippen LogP contribution in [0.3, 0.4) is 0 Å². The van der Waals surface area contributed by atoms with E-state index >= 15 is 0 Å². The number of carbonyl (C=O) groups is 1. The summed E-state index contributed by atoms with van der Waals surface area (Å²) >= 11 is 0. The molecule has 0 bridgehead atoms. The summed E-state index contributed by atoms with van der Waals surface area (Å²) in [5.74, 6) is 0.0601. The molecule has 1 fully saturated rings. The zero-order chi connectivity index (χ0) is 18.4. The van der Waals surface area contributed by atoms with Crippen LogP contribution in [-0.2, 0) is 27.1 Å². The number of rotatable bonds is 7. The number of sulfonamides is 1. The molecule has 1 aliphatic rings. The predicted molar refractivity (Wildman–Crippen MR) is 96.5 cm³/mol. The van der Waals surface area contributed by atoms with Gasteiger partial charge in [0.05, 0.1) is 5.75 Å². The molecule has 1 aromatic carbocycles. The van der Waals surface area contributed by atoms with Gasteiger partial charge in [0.2, 0.25) is 15.9 Å². The van der Waals surface area contributed by atoms with Gasteiger partial charge in [-0.2, -0.15) is 9.40 Å². The number of benzene rings is 1. The third kappa shape index (κ3) is 4.89. The summed E-state index contributed by atoms with van der Waals surface area (Å²) in [6, 6.07) is 9.16. The van der Waals surface area contributed by atoms with Gasteiger partial charge >= 0.3 is 0 Å². The van der Waals surface area contributed by atoms with Gasteiger partial charge in [-0.1, -0.05) is 30.3 Å². The van der Waals surface area contributed by atoms with Crippen molar-refractivity contribution < 1.29 is 13.2 Å². The van der Waals surface area contributed by atoms with Crippen LogP contribution in [0, 0.1) is 0 Å². The number of hydrogen-bond donors (Lipinski definition) is 0. The number of aromatic nitrogens is 3. The van der Waals surface area contributed by atoms with Crippen LogP contribution in [0.5, 0.6) is 0 Å². The van der Waals surface area contributed by atoms with Crippen LogP contribution in [0.15, 0.2) is 43.0 Å². The molecule has 1 aromatic heterocycles. The van der Waals surface area contributed by atoms with Crippen molar-refractivity contribution in [2.75, 3.05) is 26.2 Å². The van der Waals surface area contributed by atoms with Gasteiger partial charge in [-0.05, 0) is 12.0 Å². The van der Waals surface area contributed by atoms with Crippen molar-refractivity contribution in [1.82, 2.24) is 24.0 Å². The monoisotopic (exact) mass is 377 g/mol. The summed E-state index contributed by atoms with van der Waals surface area (Å²) in [5.41, 5.74) is 0.777. The maximum Gasteiger partial charge on any atom is 0.222 e. The number of hydrogen-bond acceptors (Lipinski definition) is 5. The van der Waals surface area contributed by atoms with E-state index in [1.54, 1.807) is 15.9 Å². The van der Waals surface area contributed by atoms with Crippen molar-refractivity contribution in [1.29, 1.82) is 0 Å². The minimum absolute atomic E-state index is 0.000305. The molecule has 26 heavy (non-hydrogen) atoms. The number of amides is 1.